The van der Waals surface area contributed by atoms with Gasteiger partial charge in [0.25, 0.3) is 11.6 Å². The monoisotopic (exact) mass is 514 g/mol. The number of nitro benzene ring substituents is 1. The molecule has 3 aromatic rings. The summed E-state index contributed by atoms with van der Waals surface area (Å²) in [6, 6.07) is 6.16. The van der Waals surface area contributed by atoms with Crippen molar-refractivity contribution < 1.29 is 19.2 Å². The molecule has 1 aromatic heterocycles. The number of halogens is 2. The summed E-state index contributed by atoms with van der Waals surface area (Å²) in [5.41, 5.74) is 1.12. The topological polar surface area (TPSA) is 98.0 Å². The van der Waals surface area contributed by atoms with Gasteiger partial charge in [0.1, 0.15) is 5.56 Å². The molecule has 0 saturated carbocycles. The first-order valence-electron chi connectivity index (χ1n) is 9.60. The fourth-order valence-corrected chi connectivity index (χ4v) is 4.47. The summed E-state index contributed by atoms with van der Waals surface area (Å²) in [7, 11) is 6.53. The zero-order valence-corrected chi connectivity index (χ0v) is 21.1. The van der Waals surface area contributed by atoms with E-state index in [-0.39, 0.29) is 41.7 Å². The molecule has 3 rings (SSSR count). The number of nitrogens with zero attached hydrogens (tertiary/aromatic N) is 4. The van der Waals surface area contributed by atoms with Gasteiger partial charge in [-0.1, -0.05) is 29.0 Å². The van der Waals surface area contributed by atoms with Crippen molar-refractivity contribution in [2.45, 2.75) is 6.92 Å². The molecule has 33 heavy (non-hydrogen) atoms. The number of nitro groups is 1. The minimum absolute atomic E-state index is 0. The van der Waals surface area contributed by atoms with Crippen molar-refractivity contribution in [1.82, 2.24) is 9.88 Å². The Morgan fingerprint density at radius 2 is 1.82 bits per heavy atom. The van der Waals surface area contributed by atoms with E-state index < -0.39 is 10.8 Å². The number of aromatic nitrogens is 1. The lowest BCUT2D eigenvalue weighted by Crippen LogP contribution is -2.37. The minimum atomic E-state index is -0.612. The molecule has 2 aromatic carbocycles. The van der Waals surface area contributed by atoms with Crippen LogP contribution in [0.2, 0.25) is 5.02 Å². The van der Waals surface area contributed by atoms with E-state index in [1.807, 2.05) is 32.0 Å². The zero-order chi connectivity index (χ0) is 23.6. The van der Waals surface area contributed by atoms with Crippen molar-refractivity contribution in [2.24, 2.45) is 0 Å². The summed E-state index contributed by atoms with van der Waals surface area (Å²) in [5, 5.41) is 12.7. The smallest absolute Gasteiger partial charge is 0.286 e. The van der Waals surface area contributed by atoms with Gasteiger partial charge in [-0.15, -0.1) is 12.4 Å². The Kier molecular flexibility index (Phi) is 8.84. The predicted octanol–water partition coefficient (Wildman–Crippen LogP) is 4.81. The molecule has 1 amide bonds. The number of amides is 1. The number of methoxy groups -OCH3 is 2. The van der Waals surface area contributed by atoms with E-state index in [1.165, 1.54) is 42.6 Å². The van der Waals surface area contributed by atoms with Crippen LogP contribution in [0.4, 0.5) is 10.8 Å². The van der Waals surface area contributed by atoms with Crippen LogP contribution in [0.25, 0.3) is 10.2 Å². The first-order chi connectivity index (χ1) is 15.2. The molecule has 0 atom stereocenters. The summed E-state index contributed by atoms with van der Waals surface area (Å²) in [5.74, 6) is -0.178. The number of carbonyl (C=O) groups is 1. The maximum Gasteiger partial charge on any atom is 0.286 e. The van der Waals surface area contributed by atoms with Crippen LogP contribution >= 0.6 is 35.3 Å². The lowest BCUT2D eigenvalue weighted by atomic mass is 10.1. The van der Waals surface area contributed by atoms with Crippen LogP contribution in [0.3, 0.4) is 0 Å². The molecule has 178 valence electrons. The Hall–Kier alpha value is -2.66. The van der Waals surface area contributed by atoms with Crippen LogP contribution < -0.4 is 14.4 Å². The van der Waals surface area contributed by atoms with E-state index in [9.17, 15) is 14.9 Å². The molecule has 1 heterocycles. The zero-order valence-electron chi connectivity index (χ0n) is 18.7. The molecule has 0 aliphatic heterocycles. The van der Waals surface area contributed by atoms with Crippen LogP contribution in [-0.4, -0.2) is 62.1 Å². The van der Waals surface area contributed by atoms with Gasteiger partial charge in [-0.25, -0.2) is 4.98 Å². The summed E-state index contributed by atoms with van der Waals surface area (Å²) in [6.07, 6.45) is 0. The largest absolute Gasteiger partial charge is 0.493 e. The number of ether oxygens (including phenoxy) is 2. The summed E-state index contributed by atoms with van der Waals surface area (Å²) in [6.45, 7) is 2.70. The van der Waals surface area contributed by atoms with Crippen molar-refractivity contribution >= 4 is 62.3 Å². The Bertz CT molecular complexity index is 1150. The number of anilines is 1. The van der Waals surface area contributed by atoms with Crippen molar-refractivity contribution in [3.8, 4) is 11.5 Å². The lowest BCUT2D eigenvalue weighted by molar-refractivity contribution is -0.385. The molecule has 0 bridgehead atoms. The van der Waals surface area contributed by atoms with E-state index in [2.05, 4.69) is 4.98 Å². The summed E-state index contributed by atoms with van der Waals surface area (Å²) in [4.78, 5) is 32.8. The van der Waals surface area contributed by atoms with Crippen molar-refractivity contribution in [3.63, 3.8) is 0 Å². The van der Waals surface area contributed by atoms with Gasteiger partial charge in [0.05, 0.1) is 40.4 Å². The van der Waals surface area contributed by atoms with Gasteiger partial charge < -0.3 is 14.4 Å². The third-order valence-corrected chi connectivity index (χ3v) is 6.40. The minimum Gasteiger partial charge on any atom is -0.493 e. The number of rotatable bonds is 8. The molecular formula is C21H24Cl2N4O5S. The number of aryl methyl sites for hydroxylation is 1. The number of hydrogen-bond acceptors (Lipinski definition) is 8. The van der Waals surface area contributed by atoms with E-state index in [0.717, 1.165) is 10.3 Å². The lowest BCUT2D eigenvalue weighted by Gasteiger charge is -2.22. The summed E-state index contributed by atoms with van der Waals surface area (Å²) >= 11 is 7.62. The van der Waals surface area contributed by atoms with Crippen molar-refractivity contribution in [2.75, 3.05) is 46.3 Å². The highest BCUT2D eigenvalue weighted by molar-refractivity contribution is 7.23. The standard InChI is InChI=1S/C21H23ClN4O5S.ClH/c1-12-6-7-14(22)19-18(12)23-21(32-19)25(9-8-24(2)3)20(27)13-10-16(30-4)17(31-5)11-15(13)26(28)29;/h6-7,10-11H,8-9H2,1-5H3;1H. The second-order valence-electron chi connectivity index (χ2n) is 7.28. The van der Waals surface area contributed by atoms with Crippen LogP contribution in [0.15, 0.2) is 24.3 Å². The summed E-state index contributed by atoms with van der Waals surface area (Å²) < 4.78 is 11.2. The quantitative estimate of drug-likeness (QED) is 0.314. The molecule has 0 N–H and O–H groups in total. The van der Waals surface area contributed by atoms with Crippen LogP contribution in [-0.2, 0) is 0 Å². The second kappa shape index (κ2) is 11.0. The van der Waals surface area contributed by atoms with Gasteiger partial charge in [0.15, 0.2) is 16.6 Å². The highest BCUT2D eigenvalue weighted by Gasteiger charge is 2.30. The molecule has 0 aliphatic carbocycles. The molecule has 0 unspecified atom stereocenters. The van der Waals surface area contributed by atoms with Gasteiger partial charge in [0, 0.05) is 19.2 Å². The van der Waals surface area contributed by atoms with Gasteiger partial charge in [-0.3, -0.25) is 19.8 Å². The number of likely N-dealkylation sites (N-methyl/N-ethyl adjacent to an activating group) is 1. The van der Waals surface area contributed by atoms with Crippen LogP contribution in [0, 0.1) is 17.0 Å². The second-order valence-corrected chi connectivity index (χ2v) is 8.66. The highest BCUT2D eigenvalue weighted by atomic mass is 35.5. The molecule has 0 spiro atoms. The van der Waals surface area contributed by atoms with Gasteiger partial charge in [-0.05, 0) is 32.6 Å². The van der Waals surface area contributed by atoms with Crippen LogP contribution in [0.1, 0.15) is 15.9 Å². The highest BCUT2D eigenvalue weighted by Crippen LogP contribution is 2.38. The number of benzene rings is 2. The Balaban J connectivity index is 0.00000385. The van der Waals surface area contributed by atoms with E-state index in [4.69, 9.17) is 21.1 Å². The maximum atomic E-state index is 13.6. The van der Waals surface area contributed by atoms with Gasteiger partial charge in [0.2, 0.25) is 0 Å². The van der Waals surface area contributed by atoms with E-state index in [0.29, 0.717) is 22.2 Å². The fraction of sp³-hybridized carbons (Fsp3) is 0.333. The number of carbonyl (C=O) groups excluding carboxylic acids is 1. The Morgan fingerprint density at radius 3 is 2.36 bits per heavy atom. The van der Waals surface area contributed by atoms with E-state index in [1.54, 1.807) is 6.07 Å². The molecule has 12 heteroatoms. The maximum absolute atomic E-state index is 13.6. The SMILES string of the molecule is COc1cc(C(=O)N(CCN(C)C)c2nc3c(C)ccc(Cl)c3s2)c([N+](=O)[O-])cc1OC.Cl. The number of hydrogen-bond donors (Lipinski definition) is 0. The third-order valence-electron chi connectivity index (χ3n) is 4.86. The van der Waals surface area contributed by atoms with Crippen molar-refractivity contribution in [1.29, 1.82) is 0 Å². The van der Waals surface area contributed by atoms with E-state index >= 15 is 0 Å². The average molecular weight is 515 g/mol. The number of fused-ring (bicyclic) bond motifs is 1. The molecular weight excluding hydrogens is 491 g/mol. The first-order valence-corrected chi connectivity index (χ1v) is 10.8. The molecule has 9 nitrogen and oxygen atoms in total. The van der Waals surface area contributed by atoms with Crippen LogP contribution in [0.5, 0.6) is 11.5 Å². The molecule has 0 saturated heterocycles. The molecule has 0 radical (unpaired) electrons. The van der Waals surface area contributed by atoms with Crippen molar-refractivity contribution in [3.05, 3.63) is 50.5 Å². The number of thiazole rings is 1. The Morgan fingerprint density at radius 1 is 1.18 bits per heavy atom. The Labute approximate surface area is 206 Å². The van der Waals surface area contributed by atoms with Gasteiger partial charge >= 0.3 is 0 Å². The first kappa shape index (κ1) is 26.6. The third kappa shape index (κ3) is 5.47. The molecule has 0 fully saturated rings. The predicted molar refractivity (Wildman–Crippen MR) is 133 cm³/mol. The molecule has 0 aliphatic rings. The average Bonchev–Trinajstić information content (AvgIpc) is 3.21. The fourth-order valence-electron chi connectivity index (χ4n) is 3.13. The van der Waals surface area contributed by atoms with Gasteiger partial charge in [-0.2, -0.15) is 0 Å². The normalized spacial score (nSPS) is 10.8.